The first-order chi connectivity index (χ1) is 10.1. The molecule has 1 aromatic heterocycles. The molecule has 0 aliphatic heterocycles. The van der Waals surface area contributed by atoms with Crippen LogP contribution in [0.1, 0.15) is 30.6 Å². The van der Waals surface area contributed by atoms with Crippen molar-refractivity contribution in [2.75, 3.05) is 0 Å². The number of rotatable bonds is 3. The van der Waals surface area contributed by atoms with E-state index in [0.29, 0.717) is 11.3 Å². The second kappa shape index (κ2) is 5.49. The van der Waals surface area contributed by atoms with Crippen molar-refractivity contribution in [2.45, 2.75) is 25.6 Å². The van der Waals surface area contributed by atoms with Crippen LogP contribution < -0.4 is 0 Å². The molecule has 0 amide bonds. The van der Waals surface area contributed by atoms with Crippen LogP contribution in [0.15, 0.2) is 42.5 Å². The molecule has 1 atom stereocenters. The van der Waals surface area contributed by atoms with E-state index in [9.17, 15) is 4.39 Å². The molecule has 4 heteroatoms. The van der Waals surface area contributed by atoms with Gasteiger partial charge in [-0.3, -0.25) is 4.57 Å². The minimum Gasteiger partial charge on any atom is -0.295 e. The van der Waals surface area contributed by atoms with Gasteiger partial charge < -0.3 is 0 Å². The van der Waals surface area contributed by atoms with Crippen molar-refractivity contribution in [1.82, 2.24) is 9.55 Å². The van der Waals surface area contributed by atoms with Crippen molar-refractivity contribution in [2.24, 2.45) is 0 Å². The molecule has 108 valence electrons. The lowest BCUT2D eigenvalue weighted by atomic mass is 10.1. The molecule has 2 nitrogen and oxygen atoms in total. The highest BCUT2D eigenvalue weighted by atomic mass is 35.5. The summed E-state index contributed by atoms with van der Waals surface area (Å²) in [5.74, 6) is 0.330. The van der Waals surface area contributed by atoms with Crippen molar-refractivity contribution < 1.29 is 4.39 Å². The van der Waals surface area contributed by atoms with Crippen molar-refractivity contribution in [1.29, 1.82) is 0 Å². The third kappa shape index (κ3) is 2.42. The molecule has 0 radical (unpaired) electrons. The van der Waals surface area contributed by atoms with Gasteiger partial charge in [-0.05, 0) is 43.2 Å². The Morgan fingerprint density at radius 3 is 2.52 bits per heavy atom. The van der Waals surface area contributed by atoms with E-state index in [4.69, 9.17) is 11.6 Å². The summed E-state index contributed by atoms with van der Waals surface area (Å²) in [6.45, 7) is 3.96. The third-order valence-corrected chi connectivity index (χ3v) is 3.82. The molecule has 2 aromatic carbocycles. The second-order valence-corrected chi connectivity index (χ2v) is 5.70. The third-order valence-electron chi connectivity index (χ3n) is 3.62. The zero-order chi connectivity index (χ0) is 15.0. The molecule has 0 aliphatic carbocycles. The molecule has 0 aliphatic rings. The van der Waals surface area contributed by atoms with Crippen molar-refractivity contribution in [3.8, 4) is 5.69 Å². The first kappa shape index (κ1) is 14.1. The average molecular weight is 303 g/mol. The minimum absolute atomic E-state index is 0.303. The Labute approximate surface area is 128 Å². The molecular formula is C17H16ClFN2. The van der Waals surface area contributed by atoms with Crippen molar-refractivity contribution in [3.63, 3.8) is 0 Å². The van der Waals surface area contributed by atoms with Crippen LogP contribution in [0.4, 0.5) is 4.39 Å². The van der Waals surface area contributed by atoms with Crippen molar-refractivity contribution >= 4 is 22.6 Å². The lowest BCUT2D eigenvalue weighted by molar-refractivity contribution is 0.637. The van der Waals surface area contributed by atoms with E-state index in [-0.39, 0.29) is 11.2 Å². The highest BCUT2D eigenvalue weighted by Gasteiger charge is 2.18. The number of benzene rings is 2. The lowest BCUT2D eigenvalue weighted by Gasteiger charge is -2.11. The molecule has 0 saturated carbocycles. The molecule has 0 bridgehead atoms. The van der Waals surface area contributed by atoms with Gasteiger partial charge in [-0.15, -0.1) is 11.6 Å². The molecule has 21 heavy (non-hydrogen) atoms. The molecular weight excluding hydrogens is 287 g/mol. The number of hydrogen-bond acceptors (Lipinski definition) is 1. The maximum Gasteiger partial charge on any atom is 0.151 e. The summed E-state index contributed by atoms with van der Waals surface area (Å²) in [6, 6.07) is 13.2. The number of nitrogens with zero attached hydrogens (tertiary/aromatic N) is 2. The Morgan fingerprint density at radius 2 is 1.90 bits per heavy atom. The smallest absolute Gasteiger partial charge is 0.151 e. The first-order valence-electron chi connectivity index (χ1n) is 7.02. The van der Waals surface area contributed by atoms with Gasteiger partial charge in [0.05, 0.1) is 10.9 Å². The van der Waals surface area contributed by atoms with Gasteiger partial charge in [0.1, 0.15) is 11.3 Å². The van der Waals surface area contributed by atoms with E-state index in [0.717, 1.165) is 17.6 Å². The molecule has 0 saturated heterocycles. The summed E-state index contributed by atoms with van der Waals surface area (Å²) in [5, 5.41) is -0.303. The van der Waals surface area contributed by atoms with Gasteiger partial charge in [0.15, 0.2) is 5.82 Å². The number of alkyl halides is 1. The van der Waals surface area contributed by atoms with Gasteiger partial charge in [-0.1, -0.05) is 25.1 Å². The monoisotopic (exact) mass is 302 g/mol. The van der Waals surface area contributed by atoms with E-state index in [2.05, 4.69) is 24.0 Å². The van der Waals surface area contributed by atoms with Crippen LogP contribution in [0.5, 0.6) is 0 Å². The van der Waals surface area contributed by atoms with Crippen LogP contribution in [0.2, 0.25) is 0 Å². The molecule has 1 heterocycles. The highest BCUT2D eigenvalue weighted by Crippen LogP contribution is 2.29. The molecule has 0 spiro atoms. The Hall–Kier alpha value is -1.87. The zero-order valence-corrected chi connectivity index (χ0v) is 12.7. The highest BCUT2D eigenvalue weighted by molar-refractivity contribution is 6.20. The summed E-state index contributed by atoms with van der Waals surface area (Å²) in [7, 11) is 0. The minimum atomic E-state index is -0.324. The number of imidazole rings is 1. The fourth-order valence-electron chi connectivity index (χ4n) is 2.50. The number of aryl methyl sites for hydroxylation is 1. The van der Waals surface area contributed by atoms with Gasteiger partial charge in [-0.2, -0.15) is 0 Å². The predicted molar refractivity (Wildman–Crippen MR) is 84.7 cm³/mol. The average Bonchev–Trinajstić information content (AvgIpc) is 2.88. The molecule has 3 aromatic rings. The van der Waals surface area contributed by atoms with Crippen molar-refractivity contribution in [3.05, 3.63) is 59.7 Å². The largest absolute Gasteiger partial charge is 0.295 e. The SMILES string of the molecule is CCc1ccc(-n2c(C(C)Cl)nc3c(F)cccc32)cc1. The Bertz CT molecular complexity index is 775. The normalized spacial score (nSPS) is 12.8. The summed E-state index contributed by atoms with van der Waals surface area (Å²) in [5.41, 5.74) is 3.30. The summed E-state index contributed by atoms with van der Waals surface area (Å²) in [6.07, 6.45) is 0.984. The predicted octanol–water partition coefficient (Wildman–Crippen LogP) is 5.03. The van der Waals surface area contributed by atoms with Crippen LogP contribution in [-0.4, -0.2) is 9.55 Å². The quantitative estimate of drug-likeness (QED) is 0.621. The van der Waals surface area contributed by atoms with Gasteiger partial charge in [0.25, 0.3) is 0 Å². The topological polar surface area (TPSA) is 17.8 Å². The van der Waals surface area contributed by atoms with Gasteiger partial charge in [-0.25, -0.2) is 9.37 Å². The molecule has 3 rings (SSSR count). The number of hydrogen-bond donors (Lipinski definition) is 0. The standard InChI is InChI=1S/C17H16ClFN2/c1-3-12-7-9-13(10-8-12)21-15-6-4-5-14(19)16(15)20-17(21)11(2)18/h4-11H,3H2,1-2H3. The van der Waals surface area contributed by atoms with Gasteiger partial charge in [0.2, 0.25) is 0 Å². The summed E-state index contributed by atoms with van der Waals surface area (Å²) >= 11 is 6.23. The summed E-state index contributed by atoms with van der Waals surface area (Å²) < 4.78 is 15.9. The molecule has 0 N–H and O–H groups in total. The van der Waals surface area contributed by atoms with Crippen LogP contribution in [-0.2, 0) is 6.42 Å². The van der Waals surface area contributed by atoms with Gasteiger partial charge in [0, 0.05) is 5.69 Å². The summed E-state index contributed by atoms with van der Waals surface area (Å²) in [4.78, 5) is 4.39. The van der Waals surface area contributed by atoms with E-state index in [1.807, 2.05) is 29.7 Å². The lowest BCUT2D eigenvalue weighted by Crippen LogP contribution is -2.02. The number of para-hydroxylation sites is 1. The van der Waals surface area contributed by atoms with Crippen LogP contribution >= 0.6 is 11.6 Å². The fourth-order valence-corrected chi connectivity index (χ4v) is 2.65. The van der Waals surface area contributed by atoms with Crippen LogP contribution in [0, 0.1) is 5.82 Å². The fraction of sp³-hybridized carbons (Fsp3) is 0.235. The Kier molecular flexibility index (Phi) is 3.68. The second-order valence-electron chi connectivity index (χ2n) is 5.05. The van der Waals surface area contributed by atoms with E-state index in [1.165, 1.54) is 11.6 Å². The molecule has 1 unspecified atom stereocenters. The van der Waals surface area contributed by atoms with Crippen LogP contribution in [0.25, 0.3) is 16.7 Å². The number of aromatic nitrogens is 2. The maximum atomic E-state index is 14.0. The van der Waals surface area contributed by atoms with E-state index < -0.39 is 0 Å². The van der Waals surface area contributed by atoms with Crippen LogP contribution in [0.3, 0.4) is 0 Å². The first-order valence-corrected chi connectivity index (χ1v) is 7.45. The molecule has 0 fully saturated rings. The maximum absolute atomic E-state index is 14.0. The number of halogens is 2. The Balaban J connectivity index is 2.28. The van der Waals surface area contributed by atoms with E-state index in [1.54, 1.807) is 6.07 Å². The van der Waals surface area contributed by atoms with Gasteiger partial charge >= 0.3 is 0 Å². The zero-order valence-electron chi connectivity index (χ0n) is 12.0. The van der Waals surface area contributed by atoms with E-state index >= 15 is 0 Å². The number of fused-ring (bicyclic) bond motifs is 1. The Morgan fingerprint density at radius 1 is 1.19 bits per heavy atom.